The van der Waals surface area contributed by atoms with Crippen molar-refractivity contribution in [2.24, 2.45) is 5.92 Å². The van der Waals surface area contributed by atoms with Crippen LogP contribution in [0.15, 0.2) is 91.1 Å². The predicted octanol–water partition coefficient (Wildman–Crippen LogP) is 4.96. The number of likely N-dealkylation sites (tertiary alicyclic amines) is 1. The number of ether oxygens (including phenoxy) is 2. The summed E-state index contributed by atoms with van der Waals surface area (Å²) in [6.45, 7) is 5.35. The average Bonchev–Trinajstić information content (AvgIpc) is 3.61. The van der Waals surface area contributed by atoms with Crippen LogP contribution in [0.3, 0.4) is 0 Å². The van der Waals surface area contributed by atoms with Crippen LogP contribution in [0.1, 0.15) is 43.9 Å². The number of esters is 1. The van der Waals surface area contributed by atoms with Crippen molar-refractivity contribution < 1.29 is 28.7 Å². The molecule has 0 unspecified atom stereocenters. The van der Waals surface area contributed by atoms with Gasteiger partial charge in [-0.3, -0.25) is 9.59 Å². The minimum absolute atomic E-state index is 0.0819. The van der Waals surface area contributed by atoms with E-state index in [1.807, 2.05) is 91.1 Å². The van der Waals surface area contributed by atoms with Gasteiger partial charge in [0.05, 0.1) is 13.2 Å². The van der Waals surface area contributed by atoms with Crippen molar-refractivity contribution in [3.05, 3.63) is 108 Å². The molecule has 5 rings (SSSR count). The average molecular weight is 653 g/mol. The van der Waals surface area contributed by atoms with Gasteiger partial charge in [-0.05, 0) is 56.4 Å². The number of carbonyl (C=O) groups excluding carboxylic acids is 4. The maximum atomic E-state index is 14.1. The summed E-state index contributed by atoms with van der Waals surface area (Å²) in [7, 11) is 1.32. The number of hydrogen-bond donors (Lipinski definition) is 3. The van der Waals surface area contributed by atoms with Gasteiger partial charge < -0.3 is 30.0 Å². The molecule has 1 aromatic heterocycles. The first kappa shape index (κ1) is 34.2. The first-order valence-corrected chi connectivity index (χ1v) is 16.3. The Morgan fingerprint density at radius 3 is 2.23 bits per heavy atom. The number of nitrogens with one attached hydrogen (secondary N) is 3. The van der Waals surface area contributed by atoms with Crippen LogP contribution in [0.2, 0.25) is 0 Å². The van der Waals surface area contributed by atoms with Crippen molar-refractivity contribution in [3.63, 3.8) is 0 Å². The van der Waals surface area contributed by atoms with Crippen LogP contribution >= 0.6 is 0 Å². The summed E-state index contributed by atoms with van der Waals surface area (Å²) in [6, 6.07) is 24.6. The number of methoxy groups -OCH3 is 1. The number of aromatic nitrogens is 1. The standard InChI is InChI=1S/C38H44N4O6/c1-38(2,3)48-37(46)41-32(22-28-23-39-31-18-12-11-17-30(28)31)34(43)40-24-29-21-27(19-25-13-7-5-8-14-25)35(44)42(29)33(36(45)47-4)20-26-15-9-6-10-16-26/h5-18,23,27,29,32-33,39H,19-22,24H2,1-4H3,(H,40,43)(H,41,46)/t27-,29-,32-,33+/m1/s1. The first-order valence-electron chi connectivity index (χ1n) is 16.3. The second kappa shape index (κ2) is 15.2. The molecule has 1 saturated heterocycles. The monoisotopic (exact) mass is 652 g/mol. The van der Waals surface area contributed by atoms with Gasteiger partial charge in [-0.15, -0.1) is 0 Å². The highest BCUT2D eigenvalue weighted by Crippen LogP contribution is 2.31. The summed E-state index contributed by atoms with van der Waals surface area (Å²) >= 11 is 0. The van der Waals surface area contributed by atoms with E-state index in [1.54, 1.807) is 25.7 Å². The Morgan fingerprint density at radius 1 is 0.917 bits per heavy atom. The lowest BCUT2D eigenvalue weighted by molar-refractivity contribution is -0.153. The number of H-pyrrole nitrogens is 1. The molecule has 1 aliphatic rings. The Hall–Kier alpha value is -5.12. The van der Waals surface area contributed by atoms with Gasteiger partial charge in [0.15, 0.2) is 0 Å². The van der Waals surface area contributed by atoms with Crippen LogP contribution in [0, 0.1) is 5.92 Å². The van der Waals surface area contributed by atoms with Crippen LogP contribution in [-0.2, 0) is 43.1 Å². The fourth-order valence-electron chi connectivity index (χ4n) is 6.38. The maximum Gasteiger partial charge on any atom is 0.408 e. The van der Waals surface area contributed by atoms with E-state index in [1.165, 1.54) is 7.11 Å². The predicted molar refractivity (Wildman–Crippen MR) is 183 cm³/mol. The van der Waals surface area contributed by atoms with Gasteiger partial charge in [0.2, 0.25) is 11.8 Å². The summed E-state index contributed by atoms with van der Waals surface area (Å²) < 4.78 is 10.7. The van der Waals surface area contributed by atoms with Gasteiger partial charge in [-0.2, -0.15) is 0 Å². The van der Waals surface area contributed by atoms with Gasteiger partial charge in [0, 0.05) is 42.4 Å². The molecule has 3 aromatic carbocycles. The molecule has 0 aliphatic carbocycles. The van der Waals surface area contributed by atoms with Crippen molar-refractivity contribution in [2.45, 2.75) is 70.2 Å². The molecule has 4 aromatic rings. The summed E-state index contributed by atoms with van der Waals surface area (Å²) in [5.74, 6) is -1.50. The maximum absolute atomic E-state index is 14.1. The van der Waals surface area contributed by atoms with E-state index in [2.05, 4.69) is 15.6 Å². The van der Waals surface area contributed by atoms with E-state index < -0.39 is 41.7 Å². The Bertz CT molecular complexity index is 1720. The Kier molecular flexibility index (Phi) is 10.8. The summed E-state index contributed by atoms with van der Waals surface area (Å²) in [5, 5.41) is 6.70. The molecule has 0 spiro atoms. The molecule has 10 nitrogen and oxygen atoms in total. The van der Waals surface area contributed by atoms with Crippen molar-refractivity contribution in [3.8, 4) is 0 Å². The molecule has 3 N–H and O–H groups in total. The van der Waals surface area contributed by atoms with E-state index >= 15 is 0 Å². The van der Waals surface area contributed by atoms with Crippen LogP contribution in [0.5, 0.6) is 0 Å². The van der Waals surface area contributed by atoms with Gasteiger partial charge in [0.1, 0.15) is 17.7 Å². The van der Waals surface area contributed by atoms with Crippen molar-refractivity contribution in [1.29, 1.82) is 0 Å². The van der Waals surface area contributed by atoms with E-state index in [0.717, 1.165) is 27.6 Å². The molecule has 1 aliphatic heterocycles. The fraction of sp³-hybridized carbons (Fsp3) is 0.368. The zero-order valence-electron chi connectivity index (χ0n) is 27.9. The van der Waals surface area contributed by atoms with Crippen LogP contribution in [0.25, 0.3) is 10.9 Å². The molecule has 0 saturated carbocycles. The van der Waals surface area contributed by atoms with Gasteiger partial charge in [-0.1, -0.05) is 78.9 Å². The third-order valence-electron chi connectivity index (χ3n) is 8.58. The normalized spacial score (nSPS) is 17.5. The molecule has 252 valence electrons. The largest absolute Gasteiger partial charge is 0.467 e. The number of amides is 3. The van der Waals surface area contributed by atoms with Crippen LogP contribution in [0.4, 0.5) is 4.79 Å². The molecule has 4 atom stereocenters. The second-order valence-corrected chi connectivity index (χ2v) is 13.3. The van der Waals surface area contributed by atoms with Gasteiger partial charge >= 0.3 is 12.1 Å². The molecular formula is C38H44N4O6. The number of alkyl carbamates (subject to hydrolysis) is 1. The van der Waals surface area contributed by atoms with E-state index in [9.17, 15) is 19.2 Å². The van der Waals surface area contributed by atoms with E-state index in [0.29, 0.717) is 12.8 Å². The molecule has 1 fully saturated rings. The minimum Gasteiger partial charge on any atom is -0.467 e. The highest BCUT2D eigenvalue weighted by atomic mass is 16.6. The number of hydrogen-bond acceptors (Lipinski definition) is 6. The number of rotatable bonds is 12. The Labute approximate surface area is 281 Å². The number of carbonyl (C=O) groups is 4. The van der Waals surface area contributed by atoms with Crippen molar-refractivity contribution in [2.75, 3.05) is 13.7 Å². The lowest BCUT2D eigenvalue weighted by Crippen LogP contribution is -2.54. The molecular weight excluding hydrogens is 608 g/mol. The second-order valence-electron chi connectivity index (χ2n) is 13.3. The third-order valence-corrected chi connectivity index (χ3v) is 8.58. The SMILES string of the molecule is COC(=O)[C@H](Cc1ccccc1)N1C(=O)[C@H](Cc2ccccc2)C[C@@H]1CNC(=O)[C@@H](Cc1c[nH]c2ccccc12)NC(=O)OC(C)(C)C. The number of nitrogens with zero attached hydrogens (tertiary/aromatic N) is 1. The third kappa shape index (κ3) is 8.61. The smallest absolute Gasteiger partial charge is 0.408 e. The number of aromatic amines is 1. The lowest BCUT2D eigenvalue weighted by atomic mass is 9.96. The zero-order chi connectivity index (χ0) is 34.3. The number of fused-ring (bicyclic) bond motifs is 1. The molecule has 48 heavy (non-hydrogen) atoms. The summed E-state index contributed by atoms with van der Waals surface area (Å²) in [6.07, 6.45) is 2.53. The zero-order valence-corrected chi connectivity index (χ0v) is 27.9. The molecule has 0 bridgehead atoms. The summed E-state index contributed by atoms with van der Waals surface area (Å²) in [5.41, 5.74) is 2.91. The first-order chi connectivity index (χ1) is 23.0. The van der Waals surface area contributed by atoms with Crippen molar-refractivity contribution in [1.82, 2.24) is 20.5 Å². The Balaban J connectivity index is 1.39. The fourth-order valence-corrected chi connectivity index (χ4v) is 6.38. The quantitative estimate of drug-likeness (QED) is 0.186. The Morgan fingerprint density at radius 2 is 1.56 bits per heavy atom. The minimum atomic E-state index is -0.967. The van der Waals surface area contributed by atoms with Gasteiger partial charge in [-0.25, -0.2) is 9.59 Å². The molecule has 3 amide bonds. The highest BCUT2D eigenvalue weighted by molar-refractivity contribution is 5.90. The molecule has 2 heterocycles. The topological polar surface area (TPSA) is 130 Å². The number of benzene rings is 3. The highest BCUT2D eigenvalue weighted by Gasteiger charge is 2.45. The van der Waals surface area contributed by atoms with Crippen molar-refractivity contribution >= 4 is 34.8 Å². The molecule has 0 radical (unpaired) electrons. The van der Waals surface area contributed by atoms with E-state index in [-0.39, 0.29) is 31.2 Å². The lowest BCUT2D eigenvalue weighted by Gasteiger charge is -2.32. The van der Waals surface area contributed by atoms with E-state index in [4.69, 9.17) is 9.47 Å². The van der Waals surface area contributed by atoms with Gasteiger partial charge in [0.25, 0.3) is 0 Å². The number of para-hydroxylation sites is 1. The van der Waals surface area contributed by atoms with Crippen LogP contribution < -0.4 is 10.6 Å². The van der Waals surface area contributed by atoms with Crippen LogP contribution in [-0.4, -0.2) is 71.1 Å². The summed E-state index contributed by atoms with van der Waals surface area (Å²) in [4.78, 5) is 58.9. The molecule has 10 heteroatoms.